The smallest absolute Gasteiger partial charge is 0.305 e. The van der Waals surface area contributed by atoms with E-state index in [0.29, 0.717) is 11.6 Å². The first-order chi connectivity index (χ1) is 8.54. The first-order valence-corrected chi connectivity index (χ1v) is 6.69. The van der Waals surface area contributed by atoms with E-state index in [0.717, 1.165) is 23.5 Å². The Morgan fingerprint density at radius 1 is 1.39 bits per heavy atom. The van der Waals surface area contributed by atoms with Crippen LogP contribution in [0.1, 0.15) is 6.42 Å². The molecule has 2 rings (SSSR count). The monoisotopic (exact) mass is 288 g/mol. The van der Waals surface area contributed by atoms with Gasteiger partial charge in [-0.2, -0.15) is 0 Å². The van der Waals surface area contributed by atoms with Gasteiger partial charge in [0.25, 0.3) is 5.24 Å². The number of amides is 2. The maximum atomic E-state index is 11.4. The molecular formula is C8H8N4O4S2. The Balaban J connectivity index is 1.97. The van der Waals surface area contributed by atoms with Crippen molar-refractivity contribution in [1.82, 2.24) is 10.6 Å². The average Bonchev–Trinajstić information content (AvgIpc) is 2.83. The second kappa shape index (κ2) is 5.40. The number of carboxylic acid groups (broad SMARTS) is 1. The third-order valence-corrected chi connectivity index (χ3v) is 3.84. The first-order valence-electron chi connectivity index (χ1n) is 4.82. The molecule has 2 aliphatic rings. The van der Waals surface area contributed by atoms with Crippen molar-refractivity contribution in [2.45, 2.75) is 11.7 Å². The predicted molar refractivity (Wildman–Crippen MR) is 67.6 cm³/mol. The number of thioether (sulfide) groups is 2. The molecule has 0 unspecified atom stereocenters. The van der Waals surface area contributed by atoms with Crippen molar-refractivity contribution >= 4 is 51.6 Å². The normalized spacial score (nSPS) is 27.7. The molecule has 96 valence electrons. The van der Waals surface area contributed by atoms with Crippen LogP contribution in [-0.2, 0) is 9.59 Å². The van der Waals surface area contributed by atoms with E-state index in [1.165, 1.54) is 0 Å². The van der Waals surface area contributed by atoms with Crippen LogP contribution in [0.5, 0.6) is 0 Å². The van der Waals surface area contributed by atoms with Crippen molar-refractivity contribution in [3.8, 4) is 0 Å². The Morgan fingerprint density at radius 3 is 2.78 bits per heavy atom. The average molecular weight is 288 g/mol. The van der Waals surface area contributed by atoms with E-state index in [-0.39, 0.29) is 16.8 Å². The number of nitrogens with one attached hydrogen (secondary N) is 2. The van der Waals surface area contributed by atoms with Crippen molar-refractivity contribution in [3.63, 3.8) is 0 Å². The summed E-state index contributed by atoms with van der Waals surface area (Å²) >= 11 is 2.09. The van der Waals surface area contributed by atoms with Gasteiger partial charge in [-0.15, -0.1) is 10.2 Å². The third kappa shape index (κ3) is 3.23. The highest BCUT2D eigenvalue weighted by atomic mass is 32.2. The second-order valence-corrected chi connectivity index (χ2v) is 5.49. The summed E-state index contributed by atoms with van der Waals surface area (Å²) in [5, 5.41) is 20.4. The number of hydrogen-bond acceptors (Lipinski definition) is 7. The van der Waals surface area contributed by atoms with Crippen LogP contribution in [0, 0.1) is 0 Å². The van der Waals surface area contributed by atoms with E-state index in [1.54, 1.807) is 0 Å². The highest BCUT2D eigenvalue weighted by Gasteiger charge is 2.32. The topological polar surface area (TPSA) is 120 Å². The molecule has 2 aliphatic heterocycles. The molecule has 0 aromatic heterocycles. The first kappa shape index (κ1) is 12.9. The number of aliphatic carboxylic acids is 1. The summed E-state index contributed by atoms with van der Waals surface area (Å²) < 4.78 is 0. The van der Waals surface area contributed by atoms with Crippen molar-refractivity contribution in [1.29, 1.82) is 0 Å². The van der Waals surface area contributed by atoms with Crippen LogP contribution in [-0.4, -0.2) is 44.2 Å². The van der Waals surface area contributed by atoms with Crippen LogP contribution in [0.3, 0.4) is 0 Å². The number of amidine groups is 2. The van der Waals surface area contributed by atoms with Crippen LogP contribution in [0.15, 0.2) is 10.2 Å². The summed E-state index contributed by atoms with van der Waals surface area (Å²) in [5.41, 5.74) is 0. The summed E-state index contributed by atoms with van der Waals surface area (Å²) in [6.07, 6.45) is -0.265. The van der Waals surface area contributed by atoms with Gasteiger partial charge in [-0.25, -0.2) is 0 Å². The lowest BCUT2D eigenvalue weighted by atomic mass is 10.3. The van der Waals surface area contributed by atoms with Gasteiger partial charge in [0.1, 0.15) is 11.1 Å². The summed E-state index contributed by atoms with van der Waals surface area (Å²) in [6, 6.07) is 0. The molecule has 10 heteroatoms. The highest BCUT2D eigenvalue weighted by molar-refractivity contribution is 8.15. The Labute approximate surface area is 110 Å². The molecule has 2 amide bonds. The zero-order chi connectivity index (χ0) is 13.1. The van der Waals surface area contributed by atoms with Crippen LogP contribution in [0.25, 0.3) is 0 Å². The highest BCUT2D eigenvalue weighted by Crippen LogP contribution is 2.22. The van der Waals surface area contributed by atoms with Gasteiger partial charge in [-0.3, -0.25) is 14.4 Å². The molecule has 2 heterocycles. The fraction of sp³-hybridized carbons (Fsp3) is 0.375. The quantitative estimate of drug-likeness (QED) is 0.619. The molecular weight excluding hydrogens is 280 g/mol. The van der Waals surface area contributed by atoms with E-state index in [9.17, 15) is 14.4 Å². The van der Waals surface area contributed by atoms with Gasteiger partial charge >= 0.3 is 5.97 Å². The molecule has 2 fully saturated rings. The fourth-order valence-corrected chi connectivity index (χ4v) is 2.73. The summed E-state index contributed by atoms with van der Waals surface area (Å²) in [7, 11) is 0. The molecule has 0 spiro atoms. The van der Waals surface area contributed by atoms with Crippen LogP contribution in [0.2, 0.25) is 0 Å². The van der Waals surface area contributed by atoms with Crippen molar-refractivity contribution in [3.05, 3.63) is 0 Å². The van der Waals surface area contributed by atoms with Gasteiger partial charge in [0.15, 0.2) is 5.17 Å². The molecule has 0 radical (unpaired) electrons. The van der Waals surface area contributed by atoms with E-state index >= 15 is 0 Å². The van der Waals surface area contributed by atoms with Crippen LogP contribution >= 0.6 is 23.5 Å². The van der Waals surface area contributed by atoms with Gasteiger partial charge in [0.2, 0.25) is 5.91 Å². The van der Waals surface area contributed by atoms with E-state index in [4.69, 9.17) is 5.11 Å². The molecule has 18 heavy (non-hydrogen) atoms. The van der Waals surface area contributed by atoms with E-state index < -0.39 is 17.1 Å². The largest absolute Gasteiger partial charge is 0.481 e. The molecule has 0 aliphatic carbocycles. The number of nitrogens with zero attached hydrogens (tertiary/aromatic N) is 2. The maximum absolute atomic E-state index is 11.4. The van der Waals surface area contributed by atoms with Crippen LogP contribution < -0.4 is 10.6 Å². The van der Waals surface area contributed by atoms with Crippen molar-refractivity contribution < 1.29 is 19.5 Å². The van der Waals surface area contributed by atoms with E-state index in [2.05, 4.69) is 20.8 Å². The standard InChI is InChI=1S/C8H8N4O4S2/c13-5(14)1-3-6(15)10-7(18-3)12-11-4-2-17-8(16)9-4/h3H,1-2H2,(H,13,14)(H,9,11,16)(H,10,12,15)/t3-/m0/s1. The lowest BCUT2D eigenvalue weighted by Crippen LogP contribution is -2.26. The van der Waals surface area contributed by atoms with Gasteiger partial charge in [0, 0.05) is 0 Å². The molecule has 0 bridgehead atoms. The van der Waals surface area contributed by atoms with Crippen LogP contribution in [0.4, 0.5) is 4.79 Å². The van der Waals surface area contributed by atoms with Gasteiger partial charge < -0.3 is 15.7 Å². The Bertz CT molecular complexity index is 476. The number of carboxylic acids is 1. The number of rotatable bonds is 3. The zero-order valence-corrected chi connectivity index (χ0v) is 10.5. The SMILES string of the molecule is O=C(O)C[C@@H]1S/C(=N\N=C2/CSC(=O)N2)NC1=O. The molecule has 1 atom stereocenters. The minimum Gasteiger partial charge on any atom is -0.481 e. The third-order valence-electron chi connectivity index (χ3n) is 1.98. The predicted octanol–water partition coefficient (Wildman–Crippen LogP) is -0.181. The summed E-state index contributed by atoms with van der Waals surface area (Å²) in [5.74, 6) is -0.623. The number of carbonyl (C=O) groups excluding carboxylic acids is 2. The Kier molecular flexibility index (Phi) is 3.87. The lowest BCUT2D eigenvalue weighted by Gasteiger charge is -1.97. The second-order valence-electron chi connectivity index (χ2n) is 3.35. The van der Waals surface area contributed by atoms with Gasteiger partial charge in [0.05, 0.1) is 12.2 Å². The maximum Gasteiger partial charge on any atom is 0.305 e. The molecule has 0 aromatic carbocycles. The molecule has 0 saturated carbocycles. The minimum absolute atomic E-state index is 0.194. The summed E-state index contributed by atoms with van der Waals surface area (Å²) in [6.45, 7) is 0. The van der Waals surface area contributed by atoms with Crippen molar-refractivity contribution in [2.24, 2.45) is 10.2 Å². The molecule has 0 aromatic rings. The summed E-state index contributed by atoms with van der Waals surface area (Å²) in [4.78, 5) is 32.7. The molecule has 8 nitrogen and oxygen atoms in total. The van der Waals surface area contributed by atoms with Gasteiger partial charge in [-0.1, -0.05) is 23.5 Å². The Morgan fingerprint density at radius 2 is 2.17 bits per heavy atom. The van der Waals surface area contributed by atoms with E-state index in [1.807, 2.05) is 0 Å². The Hall–Kier alpha value is -1.55. The molecule has 3 N–H and O–H groups in total. The lowest BCUT2D eigenvalue weighted by molar-refractivity contribution is -0.138. The zero-order valence-electron chi connectivity index (χ0n) is 8.87. The van der Waals surface area contributed by atoms with Gasteiger partial charge in [-0.05, 0) is 0 Å². The minimum atomic E-state index is -1.05. The molecule has 2 saturated heterocycles. The number of carbonyl (C=O) groups is 3. The van der Waals surface area contributed by atoms with Crippen molar-refractivity contribution in [2.75, 3.05) is 5.75 Å². The fourth-order valence-electron chi connectivity index (χ4n) is 1.23. The number of hydrogen-bond donors (Lipinski definition) is 3.